The summed E-state index contributed by atoms with van der Waals surface area (Å²) in [6, 6.07) is 1.94. The molecule has 1 aromatic heterocycles. The molecular weight excluding hydrogens is 285 g/mol. The number of nitrogens with zero attached hydrogens (tertiary/aromatic N) is 1. The minimum absolute atomic E-state index is 0.193. The van der Waals surface area contributed by atoms with Crippen molar-refractivity contribution < 1.29 is 13.2 Å². The smallest absolute Gasteiger partial charge is 0.320 e. The molecule has 20 heavy (non-hydrogen) atoms. The average Bonchev–Trinajstić information content (AvgIpc) is 2.83. The molecule has 0 bridgehead atoms. The van der Waals surface area contributed by atoms with Gasteiger partial charge in [-0.2, -0.15) is 13.2 Å². The molecule has 1 aliphatic heterocycles. The van der Waals surface area contributed by atoms with Crippen molar-refractivity contribution in [1.29, 1.82) is 0 Å². The van der Waals surface area contributed by atoms with Crippen LogP contribution in [0.1, 0.15) is 23.3 Å². The summed E-state index contributed by atoms with van der Waals surface area (Å²) in [6.07, 6.45) is -3.66. The topological polar surface area (TPSA) is 29.3 Å². The number of likely N-dealkylation sites (tertiary alicyclic amines) is 1. The molecule has 110 valence electrons. The number of piperidine rings is 1. The highest BCUT2D eigenvalue weighted by atomic mass is 32.1. The van der Waals surface area contributed by atoms with Gasteiger partial charge in [-0.3, -0.25) is 4.90 Å². The molecule has 1 saturated heterocycles. The zero-order valence-corrected chi connectivity index (χ0v) is 11.9. The van der Waals surface area contributed by atoms with Gasteiger partial charge in [-0.25, -0.2) is 0 Å². The summed E-state index contributed by atoms with van der Waals surface area (Å²) in [5.74, 6) is 4.68. The fourth-order valence-electron chi connectivity index (χ4n) is 2.34. The van der Waals surface area contributed by atoms with E-state index in [0.29, 0.717) is 26.2 Å². The SMILES string of the molecule is NCC#Cc1ccsc1CN1CCC(C(F)(F)F)CC1. The van der Waals surface area contributed by atoms with Gasteiger partial charge in [0.15, 0.2) is 0 Å². The summed E-state index contributed by atoms with van der Waals surface area (Å²) in [5.41, 5.74) is 6.29. The van der Waals surface area contributed by atoms with E-state index < -0.39 is 12.1 Å². The Morgan fingerprint density at radius 3 is 2.65 bits per heavy atom. The van der Waals surface area contributed by atoms with Gasteiger partial charge in [-0.15, -0.1) is 11.3 Å². The van der Waals surface area contributed by atoms with Crippen molar-refractivity contribution in [2.75, 3.05) is 19.6 Å². The summed E-state index contributed by atoms with van der Waals surface area (Å²) in [6.45, 7) is 1.97. The maximum atomic E-state index is 12.6. The number of rotatable bonds is 2. The Labute approximate surface area is 120 Å². The Hall–Kier alpha value is -1.03. The first kappa shape index (κ1) is 15.4. The third-order valence-electron chi connectivity index (χ3n) is 3.49. The summed E-state index contributed by atoms with van der Waals surface area (Å²) >= 11 is 1.59. The van der Waals surface area contributed by atoms with Crippen LogP contribution in [0.15, 0.2) is 11.4 Å². The predicted octanol–water partition coefficient (Wildman–Crippen LogP) is 2.83. The van der Waals surface area contributed by atoms with Crippen molar-refractivity contribution >= 4 is 11.3 Å². The van der Waals surface area contributed by atoms with Crippen LogP contribution < -0.4 is 5.73 Å². The Kier molecular flexibility index (Phi) is 5.08. The molecule has 6 heteroatoms. The van der Waals surface area contributed by atoms with E-state index in [4.69, 9.17) is 5.73 Å². The summed E-state index contributed by atoms with van der Waals surface area (Å²) in [5, 5.41) is 1.96. The Balaban J connectivity index is 1.92. The van der Waals surface area contributed by atoms with E-state index in [2.05, 4.69) is 16.7 Å². The van der Waals surface area contributed by atoms with E-state index in [0.717, 1.165) is 10.4 Å². The largest absolute Gasteiger partial charge is 0.391 e. The van der Waals surface area contributed by atoms with Crippen LogP contribution in [0.4, 0.5) is 13.2 Å². The Morgan fingerprint density at radius 1 is 1.35 bits per heavy atom. The van der Waals surface area contributed by atoms with Crippen LogP contribution in [-0.4, -0.2) is 30.7 Å². The molecule has 2 N–H and O–H groups in total. The zero-order valence-electron chi connectivity index (χ0n) is 11.0. The molecule has 2 heterocycles. The van der Waals surface area contributed by atoms with E-state index in [1.807, 2.05) is 11.4 Å². The lowest BCUT2D eigenvalue weighted by Gasteiger charge is -2.32. The van der Waals surface area contributed by atoms with Gasteiger partial charge in [0.1, 0.15) is 0 Å². The highest BCUT2D eigenvalue weighted by Crippen LogP contribution is 2.34. The van der Waals surface area contributed by atoms with Gasteiger partial charge in [0, 0.05) is 17.0 Å². The molecule has 0 aromatic carbocycles. The molecule has 1 aliphatic rings. The fraction of sp³-hybridized carbons (Fsp3) is 0.571. The van der Waals surface area contributed by atoms with Crippen molar-refractivity contribution in [3.63, 3.8) is 0 Å². The standard InChI is InChI=1S/C14H17F3N2S/c15-14(16,17)12-3-7-19(8-4-12)10-13-11(2-1-6-18)5-9-20-13/h5,9,12H,3-4,6-8,10,18H2. The van der Waals surface area contributed by atoms with E-state index in [1.165, 1.54) is 0 Å². The maximum Gasteiger partial charge on any atom is 0.391 e. The Morgan fingerprint density at radius 2 is 2.05 bits per heavy atom. The quantitative estimate of drug-likeness (QED) is 0.851. The molecule has 0 saturated carbocycles. The lowest BCUT2D eigenvalue weighted by Crippen LogP contribution is -2.38. The van der Waals surface area contributed by atoms with Crippen LogP contribution in [0.25, 0.3) is 0 Å². The molecule has 1 aromatic rings. The van der Waals surface area contributed by atoms with Crippen LogP contribution >= 0.6 is 11.3 Å². The lowest BCUT2D eigenvalue weighted by atomic mass is 9.96. The maximum absolute atomic E-state index is 12.6. The highest BCUT2D eigenvalue weighted by Gasteiger charge is 2.40. The first-order chi connectivity index (χ1) is 9.50. The third kappa shape index (κ3) is 3.98. The minimum Gasteiger partial charge on any atom is -0.320 e. The van der Waals surface area contributed by atoms with Crippen molar-refractivity contribution in [2.24, 2.45) is 11.7 Å². The first-order valence-corrected chi connectivity index (χ1v) is 7.43. The van der Waals surface area contributed by atoms with Gasteiger partial charge < -0.3 is 5.73 Å². The second kappa shape index (κ2) is 6.61. The van der Waals surface area contributed by atoms with Crippen LogP contribution in [-0.2, 0) is 6.54 Å². The summed E-state index contributed by atoms with van der Waals surface area (Å²) < 4.78 is 37.8. The van der Waals surface area contributed by atoms with Gasteiger partial charge in [0.2, 0.25) is 0 Å². The van der Waals surface area contributed by atoms with Crippen molar-refractivity contribution in [2.45, 2.75) is 25.6 Å². The van der Waals surface area contributed by atoms with E-state index in [1.54, 1.807) is 11.3 Å². The molecule has 2 rings (SSSR count). The normalized spacial score (nSPS) is 17.8. The molecule has 0 unspecified atom stereocenters. The van der Waals surface area contributed by atoms with Crippen LogP contribution in [0, 0.1) is 17.8 Å². The first-order valence-electron chi connectivity index (χ1n) is 6.55. The zero-order chi connectivity index (χ0) is 14.6. The predicted molar refractivity (Wildman–Crippen MR) is 74.3 cm³/mol. The molecule has 0 radical (unpaired) electrons. The molecule has 0 amide bonds. The highest BCUT2D eigenvalue weighted by molar-refractivity contribution is 7.10. The minimum atomic E-state index is -4.05. The molecule has 0 atom stereocenters. The fourth-order valence-corrected chi connectivity index (χ4v) is 3.21. The number of hydrogen-bond donors (Lipinski definition) is 1. The van der Waals surface area contributed by atoms with E-state index in [9.17, 15) is 13.2 Å². The van der Waals surface area contributed by atoms with Gasteiger partial charge in [-0.1, -0.05) is 11.8 Å². The summed E-state index contributed by atoms with van der Waals surface area (Å²) in [7, 11) is 0. The number of nitrogens with two attached hydrogens (primary N) is 1. The third-order valence-corrected chi connectivity index (χ3v) is 4.39. The van der Waals surface area contributed by atoms with Crippen LogP contribution in [0.5, 0.6) is 0 Å². The van der Waals surface area contributed by atoms with Crippen molar-refractivity contribution in [1.82, 2.24) is 4.90 Å². The second-order valence-corrected chi connectivity index (χ2v) is 5.86. The number of halogens is 3. The molecular formula is C14H17F3N2S. The number of thiophene rings is 1. The average molecular weight is 302 g/mol. The van der Waals surface area contributed by atoms with Crippen molar-refractivity contribution in [3.8, 4) is 11.8 Å². The monoisotopic (exact) mass is 302 g/mol. The van der Waals surface area contributed by atoms with Crippen molar-refractivity contribution in [3.05, 3.63) is 21.9 Å². The van der Waals surface area contributed by atoms with Gasteiger partial charge in [0.25, 0.3) is 0 Å². The Bertz CT molecular complexity index is 490. The van der Waals surface area contributed by atoms with Crippen LogP contribution in [0.3, 0.4) is 0 Å². The molecule has 0 spiro atoms. The molecule has 2 nitrogen and oxygen atoms in total. The lowest BCUT2D eigenvalue weighted by molar-refractivity contribution is -0.185. The van der Waals surface area contributed by atoms with Gasteiger partial charge in [-0.05, 0) is 37.4 Å². The van der Waals surface area contributed by atoms with Crippen LogP contribution in [0.2, 0.25) is 0 Å². The summed E-state index contributed by atoms with van der Waals surface area (Å²) in [4.78, 5) is 3.18. The molecule has 1 fully saturated rings. The number of hydrogen-bond acceptors (Lipinski definition) is 3. The van der Waals surface area contributed by atoms with Gasteiger partial charge >= 0.3 is 6.18 Å². The number of alkyl halides is 3. The van der Waals surface area contributed by atoms with Gasteiger partial charge in [0.05, 0.1) is 12.5 Å². The second-order valence-electron chi connectivity index (χ2n) is 4.86. The molecule has 0 aliphatic carbocycles. The van der Waals surface area contributed by atoms with E-state index >= 15 is 0 Å². The van der Waals surface area contributed by atoms with E-state index in [-0.39, 0.29) is 12.8 Å².